The van der Waals surface area contributed by atoms with Crippen LogP contribution in [0.3, 0.4) is 0 Å². The Labute approximate surface area is 116 Å². The van der Waals surface area contributed by atoms with E-state index in [1.807, 2.05) is 12.1 Å². The number of amides is 1. The summed E-state index contributed by atoms with van der Waals surface area (Å²) in [7, 11) is 1.58. The van der Waals surface area contributed by atoms with Gasteiger partial charge in [0.15, 0.2) is 0 Å². The lowest BCUT2D eigenvalue weighted by molar-refractivity contribution is 0.159. The van der Waals surface area contributed by atoms with Gasteiger partial charge in [-0.15, -0.1) is 0 Å². The van der Waals surface area contributed by atoms with E-state index < -0.39 is 6.09 Å². The maximum atomic E-state index is 11.5. The number of benzene rings is 1. The average Bonchev–Trinajstić information content (AvgIpc) is 2.38. The summed E-state index contributed by atoms with van der Waals surface area (Å²) in [4.78, 5) is 11.5. The van der Waals surface area contributed by atoms with Crippen LogP contribution < -0.4 is 10.1 Å². The molecule has 0 bridgehead atoms. The molecule has 1 N–H and O–H groups in total. The zero-order valence-electron chi connectivity index (χ0n) is 10.4. The topological polar surface area (TPSA) is 47.6 Å². The van der Waals surface area contributed by atoms with Crippen LogP contribution >= 0.6 is 15.9 Å². The highest BCUT2D eigenvalue weighted by Gasteiger charge is 2.03. The lowest BCUT2D eigenvalue weighted by Gasteiger charge is -2.07. The van der Waals surface area contributed by atoms with Gasteiger partial charge >= 0.3 is 6.09 Å². The monoisotopic (exact) mass is 315 g/mol. The first-order chi connectivity index (χ1) is 8.76. The predicted molar refractivity (Wildman–Crippen MR) is 75.6 cm³/mol. The van der Waals surface area contributed by atoms with Crippen molar-refractivity contribution in [3.8, 4) is 5.75 Å². The van der Waals surface area contributed by atoms with Gasteiger partial charge in [0.2, 0.25) is 0 Å². The summed E-state index contributed by atoms with van der Waals surface area (Å²) in [5.74, 6) is 0.699. The number of hydrogen-bond donors (Lipinski definition) is 1. The van der Waals surface area contributed by atoms with Gasteiger partial charge in [-0.25, -0.2) is 4.79 Å². The highest BCUT2D eigenvalue weighted by molar-refractivity contribution is 9.09. The molecular weight excluding hydrogens is 298 g/mol. The first-order valence-electron chi connectivity index (χ1n) is 5.90. The third-order valence-electron chi connectivity index (χ3n) is 2.33. The van der Waals surface area contributed by atoms with Gasteiger partial charge in [0.1, 0.15) is 5.75 Å². The number of halogens is 1. The zero-order chi connectivity index (χ0) is 13.2. The lowest BCUT2D eigenvalue weighted by Crippen LogP contribution is -2.14. The molecule has 0 saturated heterocycles. The second-order valence-electron chi connectivity index (χ2n) is 3.74. The Balaban J connectivity index is 2.26. The van der Waals surface area contributed by atoms with Crippen molar-refractivity contribution < 1.29 is 14.3 Å². The fourth-order valence-corrected chi connectivity index (χ4v) is 1.79. The van der Waals surface area contributed by atoms with Crippen LogP contribution in [0.25, 0.3) is 0 Å². The molecule has 5 heteroatoms. The van der Waals surface area contributed by atoms with E-state index in [-0.39, 0.29) is 0 Å². The number of alkyl halides is 1. The number of nitrogens with one attached hydrogen (secondary N) is 1. The molecule has 0 aliphatic carbocycles. The van der Waals surface area contributed by atoms with E-state index in [4.69, 9.17) is 9.47 Å². The highest BCUT2D eigenvalue weighted by Crippen LogP contribution is 2.16. The summed E-state index contributed by atoms with van der Waals surface area (Å²) < 4.78 is 10.1. The van der Waals surface area contributed by atoms with Crippen LogP contribution in [0, 0.1) is 0 Å². The van der Waals surface area contributed by atoms with E-state index in [2.05, 4.69) is 21.2 Å². The first-order valence-corrected chi connectivity index (χ1v) is 7.02. The maximum Gasteiger partial charge on any atom is 0.411 e. The van der Waals surface area contributed by atoms with Crippen molar-refractivity contribution in [3.63, 3.8) is 0 Å². The van der Waals surface area contributed by atoms with E-state index in [0.29, 0.717) is 18.0 Å². The molecule has 18 heavy (non-hydrogen) atoms. The number of methoxy groups -OCH3 is 1. The molecule has 0 aliphatic rings. The quantitative estimate of drug-likeness (QED) is 0.615. The SMILES string of the molecule is COc1cccc(NC(=O)OCCCCCBr)c1. The smallest absolute Gasteiger partial charge is 0.411 e. The predicted octanol–water partition coefficient (Wildman–Crippen LogP) is 3.81. The minimum Gasteiger partial charge on any atom is -0.497 e. The summed E-state index contributed by atoms with van der Waals surface area (Å²) in [5.41, 5.74) is 0.666. The Bertz CT molecular complexity index is 371. The second kappa shape index (κ2) is 8.80. The van der Waals surface area contributed by atoms with Gasteiger partial charge in [-0.1, -0.05) is 22.0 Å². The molecule has 1 aromatic carbocycles. The summed E-state index contributed by atoms with van der Waals surface area (Å²) >= 11 is 3.36. The molecule has 0 heterocycles. The second-order valence-corrected chi connectivity index (χ2v) is 4.54. The first kappa shape index (κ1) is 14.8. The van der Waals surface area contributed by atoms with Crippen LogP contribution in [0.15, 0.2) is 24.3 Å². The molecule has 100 valence electrons. The molecule has 4 nitrogen and oxygen atoms in total. The van der Waals surface area contributed by atoms with Crippen LogP contribution in [0.2, 0.25) is 0 Å². The summed E-state index contributed by atoms with van der Waals surface area (Å²) in [6.45, 7) is 0.447. The van der Waals surface area contributed by atoms with Gasteiger partial charge in [0, 0.05) is 17.1 Å². The minimum absolute atomic E-state index is 0.429. The molecule has 0 fully saturated rings. The molecule has 1 aromatic rings. The number of rotatable bonds is 7. The molecule has 0 saturated carbocycles. The number of unbranched alkanes of at least 4 members (excludes halogenated alkanes) is 2. The summed E-state index contributed by atoms with van der Waals surface area (Å²) in [5, 5.41) is 3.65. The molecule has 0 atom stereocenters. The van der Waals surface area contributed by atoms with Crippen molar-refractivity contribution in [1.82, 2.24) is 0 Å². The minimum atomic E-state index is -0.429. The molecule has 0 aromatic heterocycles. The van der Waals surface area contributed by atoms with Gasteiger partial charge in [-0.3, -0.25) is 5.32 Å². The maximum absolute atomic E-state index is 11.5. The number of anilines is 1. The molecule has 0 spiro atoms. The summed E-state index contributed by atoms with van der Waals surface area (Å²) in [6.07, 6.45) is 2.61. The molecular formula is C13H18BrNO3. The van der Waals surface area contributed by atoms with E-state index in [9.17, 15) is 4.79 Å². The van der Waals surface area contributed by atoms with Gasteiger partial charge in [-0.05, 0) is 31.4 Å². The van der Waals surface area contributed by atoms with E-state index in [1.54, 1.807) is 19.2 Å². The fourth-order valence-electron chi connectivity index (χ4n) is 1.39. The zero-order valence-corrected chi connectivity index (χ0v) is 12.0. The lowest BCUT2D eigenvalue weighted by atomic mass is 10.3. The van der Waals surface area contributed by atoms with E-state index in [0.717, 1.165) is 24.6 Å². The number of ether oxygens (including phenoxy) is 2. The van der Waals surface area contributed by atoms with Gasteiger partial charge in [0.25, 0.3) is 0 Å². The van der Waals surface area contributed by atoms with E-state index in [1.165, 1.54) is 0 Å². The standard InChI is InChI=1S/C13H18BrNO3/c1-17-12-7-5-6-11(10-12)15-13(16)18-9-4-2-3-8-14/h5-7,10H,2-4,8-9H2,1H3,(H,15,16). The molecule has 0 unspecified atom stereocenters. The third-order valence-corrected chi connectivity index (χ3v) is 2.89. The van der Waals surface area contributed by atoms with Crippen molar-refractivity contribution in [2.24, 2.45) is 0 Å². The molecule has 0 radical (unpaired) electrons. The van der Waals surface area contributed by atoms with Gasteiger partial charge in [0.05, 0.1) is 13.7 Å². The third kappa shape index (κ3) is 5.91. The van der Waals surface area contributed by atoms with Crippen LogP contribution in [-0.4, -0.2) is 25.1 Å². The molecule has 1 amide bonds. The van der Waals surface area contributed by atoms with Gasteiger partial charge in [-0.2, -0.15) is 0 Å². The van der Waals surface area contributed by atoms with Crippen molar-refractivity contribution in [1.29, 1.82) is 0 Å². The highest BCUT2D eigenvalue weighted by atomic mass is 79.9. The van der Waals surface area contributed by atoms with Crippen LogP contribution in [0.1, 0.15) is 19.3 Å². The Kier molecular flexibility index (Phi) is 7.25. The van der Waals surface area contributed by atoms with Crippen molar-refractivity contribution >= 4 is 27.7 Å². The summed E-state index contributed by atoms with van der Waals surface area (Å²) in [6, 6.07) is 7.15. The largest absolute Gasteiger partial charge is 0.497 e. The van der Waals surface area contributed by atoms with Crippen LogP contribution in [0.4, 0.5) is 10.5 Å². The van der Waals surface area contributed by atoms with Crippen molar-refractivity contribution in [3.05, 3.63) is 24.3 Å². The van der Waals surface area contributed by atoms with Crippen molar-refractivity contribution in [2.75, 3.05) is 24.4 Å². The normalized spacial score (nSPS) is 9.89. The number of hydrogen-bond acceptors (Lipinski definition) is 3. The Morgan fingerprint density at radius 2 is 2.17 bits per heavy atom. The van der Waals surface area contributed by atoms with E-state index >= 15 is 0 Å². The Morgan fingerprint density at radius 1 is 1.33 bits per heavy atom. The number of carbonyl (C=O) groups is 1. The average molecular weight is 316 g/mol. The van der Waals surface area contributed by atoms with Crippen LogP contribution in [-0.2, 0) is 4.74 Å². The van der Waals surface area contributed by atoms with Crippen LogP contribution in [0.5, 0.6) is 5.75 Å². The van der Waals surface area contributed by atoms with Gasteiger partial charge < -0.3 is 9.47 Å². The number of carbonyl (C=O) groups excluding carboxylic acids is 1. The Hall–Kier alpha value is -1.23. The van der Waals surface area contributed by atoms with Crippen molar-refractivity contribution in [2.45, 2.75) is 19.3 Å². The molecule has 0 aliphatic heterocycles. The Morgan fingerprint density at radius 3 is 2.89 bits per heavy atom. The molecule has 1 rings (SSSR count). The fraction of sp³-hybridized carbons (Fsp3) is 0.462.